The van der Waals surface area contributed by atoms with E-state index in [9.17, 15) is 8.78 Å². The van der Waals surface area contributed by atoms with Crippen molar-refractivity contribution in [3.05, 3.63) is 39.3 Å². The number of hydrogen-bond donors (Lipinski definition) is 2. The zero-order valence-electron chi connectivity index (χ0n) is 15.5. The minimum absolute atomic E-state index is 0. The summed E-state index contributed by atoms with van der Waals surface area (Å²) in [6, 6.07) is 4.79. The van der Waals surface area contributed by atoms with Gasteiger partial charge in [0.2, 0.25) is 0 Å². The smallest absolute Gasteiger partial charge is 0.387 e. The van der Waals surface area contributed by atoms with Gasteiger partial charge in [-0.1, -0.05) is 0 Å². The fourth-order valence-corrected chi connectivity index (χ4v) is 3.06. The first-order valence-corrected chi connectivity index (χ1v) is 8.73. The first-order chi connectivity index (χ1) is 12.4. The van der Waals surface area contributed by atoms with E-state index in [4.69, 9.17) is 4.74 Å². The quantitative estimate of drug-likeness (QED) is 0.335. The molecule has 0 bridgehead atoms. The Hall–Kier alpha value is -1.69. The number of halogens is 3. The molecule has 0 fully saturated rings. The van der Waals surface area contributed by atoms with E-state index in [0.29, 0.717) is 23.8 Å². The van der Waals surface area contributed by atoms with Crippen molar-refractivity contribution in [3.8, 4) is 11.5 Å². The average molecular weight is 512 g/mol. The molecule has 1 aromatic heterocycles. The number of hydrogen-bond acceptors (Lipinski definition) is 5. The van der Waals surface area contributed by atoms with Gasteiger partial charge in [0, 0.05) is 30.1 Å². The molecule has 0 saturated carbocycles. The molecule has 0 spiro atoms. The van der Waals surface area contributed by atoms with E-state index >= 15 is 0 Å². The molecule has 2 N–H and O–H groups in total. The van der Waals surface area contributed by atoms with Crippen molar-refractivity contribution < 1.29 is 18.3 Å². The molecule has 6 nitrogen and oxygen atoms in total. The summed E-state index contributed by atoms with van der Waals surface area (Å²) in [5.41, 5.74) is 1.58. The van der Waals surface area contributed by atoms with Gasteiger partial charge in [-0.3, -0.25) is 4.99 Å². The van der Waals surface area contributed by atoms with Gasteiger partial charge in [-0.25, -0.2) is 4.98 Å². The van der Waals surface area contributed by atoms with Crippen LogP contribution in [0.1, 0.15) is 21.1 Å². The van der Waals surface area contributed by atoms with Gasteiger partial charge < -0.3 is 20.1 Å². The Morgan fingerprint density at radius 2 is 1.96 bits per heavy atom. The Bertz CT molecular complexity index is 752. The van der Waals surface area contributed by atoms with Crippen LogP contribution in [0.2, 0.25) is 0 Å². The summed E-state index contributed by atoms with van der Waals surface area (Å²) in [6.07, 6.45) is 0. The van der Waals surface area contributed by atoms with Crippen molar-refractivity contribution in [3.63, 3.8) is 0 Å². The normalized spacial score (nSPS) is 11.1. The van der Waals surface area contributed by atoms with Crippen LogP contribution in [0.15, 0.2) is 23.2 Å². The van der Waals surface area contributed by atoms with Crippen LogP contribution in [0, 0.1) is 13.8 Å². The molecule has 2 rings (SSSR count). The molecule has 0 saturated heterocycles. The van der Waals surface area contributed by atoms with Gasteiger partial charge in [-0.05, 0) is 26.0 Å². The molecule has 150 valence electrons. The van der Waals surface area contributed by atoms with Crippen molar-refractivity contribution >= 4 is 41.3 Å². The SMILES string of the molecule is CN=C(NCc1nc(C)c(C)s1)NCc1ccc(OC)cc1OC(F)F.I. The topological polar surface area (TPSA) is 67.8 Å². The minimum Gasteiger partial charge on any atom is -0.497 e. The Morgan fingerprint density at radius 3 is 2.52 bits per heavy atom. The number of nitrogens with zero attached hydrogens (tertiary/aromatic N) is 2. The third kappa shape index (κ3) is 7.09. The van der Waals surface area contributed by atoms with Crippen molar-refractivity contribution in [2.75, 3.05) is 14.2 Å². The second-order valence-electron chi connectivity index (χ2n) is 5.38. The van der Waals surface area contributed by atoms with Crippen LogP contribution >= 0.6 is 35.3 Å². The third-order valence-corrected chi connectivity index (χ3v) is 4.71. The van der Waals surface area contributed by atoms with E-state index in [1.165, 1.54) is 18.1 Å². The van der Waals surface area contributed by atoms with E-state index in [-0.39, 0.29) is 36.3 Å². The molecular formula is C17H23F2IN4O2S. The van der Waals surface area contributed by atoms with Crippen LogP contribution in [0.5, 0.6) is 11.5 Å². The predicted octanol–water partition coefficient (Wildman–Crippen LogP) is 3.85. The number of aromatic nitrogens is 1. The highest BCUT2D eigenvalue weighted by Crippen LogP contribution is 2.26. The molecule has 0 aliphatic rings. The van der Waals surface area contributed by atoms with Crippen LogP contribution in [0.25, 0.3) is 0 Å². The molecule has 0 radical (unpaired) electrons. The summed E-state index contributed by atoms with van der Waals surface area (Å²) in [4.78, 5) is 9.76. The van der Waals surface area contributed by atoms with E-state index in [1.807, 2.05) is 13.8 Å². The first-order valence-electron chi connectivity index (χ1n) is 7.92. The summed E-state index contributed by atoms with van der Waals surface area (Å²) in [5.74, 6) is 1.05. The largest absolute Gasteiger partial charge is 0.497 e. The van der Waals surface area contributed by atoms with Gasteiger partial charge in [0.1, 0.15) is 16.5 Å². The number of alkyl halides is 2. The van der Waals surface area contributed by atoms with E-state index in [1.54, 1.807) is 30.5 Å². The number of thiazole rings is 1. The molecule has 1 aromatic carbocycles. The summed E-state index contributed by atoms with van der Waals surface area (Å²) in [7, 11) is 3.10. The highest BCUT2D eigenvalue weighted by Gasteiger charge is 2.12. The van der Waals surface area contributed by atoms with E-state index < -0.39 is 6.61 Å². The standard InChI is InChI=1S/C17H22F2N4O2S.HI/c1-10-11(2)26-15(23-10)9-22-17(20-3)21-8-12-5-6-13(24-4)7-14(12)25-16(18)19;/h5-7,16H,8-9H2,1-4H3,(H2,20,21,22);1H. The molecular weight excluding hydrogens is 489 g/mol. The summed E-state index contributed by atoms with van der Waals surface area (Å²) in [6.45, 7) is 1.88. The monoisotopic (exact) mass is 512 g/mol. The van der Waals surface area contributed by atoms with Gasteiger partial charge in [-0.2, -0.15) is 8.78 Å². The van der Waals surface area contributed by atoms with Crippen LogP contribution in [0.3, 0.4) is 0 Å². The Labute approximate surface area is 178 Å². The summed E-state index contributed by atoms with van der Waals surface area (Å²) in [5, 5.41) is 7.18. The van der Waals surface area contributed by atoms with E-state index in [2.05, 4.69) is 25.3 Å². The van der Waals surface area contributed by atoms with Crippen molar-refractivity contribution in [1.29, 1.82) is 0 Å². The lowest BCUT2D eigenvalue weighted by molar-refractivity contribution is -0.0505. The fourth-order valence-electron chi connectivity index (χ4n) is 2.19. The van der Waals surface area contributed by atoms with Crippen molar-refractivity contribution in [2.45, 2.75) is 33.5 Å². The van der Waals surface area contributed by atoms with Crippen molar-refractivity contribution in [1.82, 2.24) is 15.6 Å². The van der Waals surface area contributed by atoms with Gasteiger partial charge in [0.15, 0.2) is 5.96 Å². The molecule has 0 amide bonds. The lowest BCUT2D eigenvalue weighted by Crippen LogP contribution is -2.36. The maximum absolute atomic E-state index is 12.6. The van der Waals surface area contributed by atoms with Crippen LogP contribution in [-0.2, 0) is 13.1 Å². The lowest BCUT2D eigenvalue weighted by Gasteiger charge is -2.15. The zero-order valence-corrected chi connectivity index (χ0v) is 18.7. The molecule has 0 aliphatic heterocycles. The van der Waals surface area contributed by atoms with Crippen LogP contribution < -0.4 is 20.1 Å². The van der Waals surface area contributed by atoms with Gasteiger partial charge in [0.25, 0.3) is 0 Å². The lowest BCUT2D eigenvalue weighted by atomic mass is 10.2. The molecule has 0 atom stereocenters. The molecule has 0 unspecified atom stereocenters. The third-order valence-electron chi connectivity index (χ3n) is 3.64. The molecule has 10 heteroatoms. The summed E-state index contributed by atoms with van der Waals surface area (Å²) < 4.78 is 34.9. The van der Waals surface area contributed by atoms with E-state index in [0.717, 1.165) is 10.7 Å². The molecule has 0 aliphatic carbocycles. The highest BCUT2D eigenvalue weighted by atomic mass is 127. The number of aliphatic imine (C=N–C) groups is 1. The Morgan fingerprint density at radius 1 is 1.26 bits per heavy atom. The predicted molar refractivity (Wildman–Crippen MR) is 114 cm³/mol. The average Bonchev–Trinajstić information content (AvgIpc) is 2.93. The number of nitrogens with one attached hydrogen (secondary N) is 2. The van der Waals surface area contributed by atoms with Gasteiger partial charge in [0.05, 0.1) is 19.3 Å². The zero-order chi connectivity index (χ0) is 19.1. The van der Waals surface area contributed by atoms with Gasteiger partial charge >= 0.3 is 6.61 Å². The minimum atomic E-state index is -2.91. The Kier molecular flexibility index (Phi) is 9.70. The van der Waals surface area contributed by atoms with Crippen LogP contribution in [0.4, 0.5) is 8.78 Å². The number of aryl methyl sites for hydroxylation is 2. The number of guanidine groups is 1. The number of benzene rings is 1. The maximum Gasteiger partial charge on any atom is 0.387 e. The number of methoxy groups -OCH3 is 1. The second-order valence-corrected chi connectivity index (χ2v) is 6.67. The Balaban J connectivity index is 0.00000364. The van der Waals surface area contributed by atoms with Gasteiger partial charge in [-0.15, -0.1) is 35.3 Å². The first kappa shape index (κ1) is 23.3. The highest BCUT2D eigenvalue weighted by molar-refractivity contribution is 14.0. The maximum atomic E-state index is 12.6. The van der Waals surface area contributed by atoms with Crippen molar-refractivity contribution in [2.24, 2.45) is 4.99 Å². The number of rotatable bonds is 7. The van der Waals surface area contributed by atoms with Crippen LogP contribution in [-0.4, -0.2) is 31.7 Å². The fraction of sp³-hybridized carbons (Fsp3) is 0.412. The summed E-state index contributed by atoms with van der Waals surface area (Å²) >= 11 is 1.62. The molecule has 2 aromatic rings. The molecule has 1 heterocycles. The molecule has 27 heavy (non-hydrogen) atoms. The second kappa shape index (κ2) is 11.2. The number of ether oxygens (including phenoxy) is 2.